The second-order valence-corrected chi connectivity index (χ2v) is 5.10. The van der Waals surface area contributed by atoms with E-state index >= 15 is 0 Å². The first-order valence-electron chi connectivity index (χ1n) is 6.85. The quantitative estimate of drug-likeness (QED) is 0.344. The van der Waals surface area contributed by atoms with E-state index < -0.39 is 11.6 Å². The number of nitrogens with one attached hydrogen (secondary N) is 1. The summed E-state index contributed by atoms with van der Waals surface area (Å²) in [6, 6.07) is 15.2. The number of halogens is 1. The number of esters is 1. The van der Waals surface area contributed by atoms with Gasteiger partial charge in [-0.2, -0.15) is 0 Å². The molecule has 0 aliphatic heterocycles. The van der Waals surface area contributed by atoms with Crippen molar-refractivity contribution in [1.82, 2.24) is 4.84 Å². The molecule has 1 heterocycles. The Kier molecular flexibility index (Phi) is 4.41. The van der Waals surface area contributed by atoms with Crippen molar-refractivity contribution in [2.75, 3.05) is 0 Å². The van der Waals surface area contributed by atoms with Gasteiger partial charge < -0.3 is 9.15 Å². The van der Waals surface area contributed by atoms with Crippen LogP contribution in [0.4, 0.5) is 0 Å². The van der Waals surface area contributed by atoms with E-state index in [0.717, 1.165) is 5.56 Å². The summed E-state index contributed by atoms with van der Waals surface area (Å²) in [7, 11) is 0. The van der Waals surface area contributed by atoms with E-state index in [2.05, 4.69) is 4.84 Å². The fourth-order valence-electron chi connectivity index (χ4n) is 2.15. The van der Waals surface area contributed by atoms with Crippen molar-refractivity contribution in [2.24, 2.45) is 0 Å². The topological polar surface area (TPSA) is 68.5 Å². The molecule has 0 spiro atoms. The Morgan fingerprint density at radius 2 is 1.91 bits per heavy atom. The molecule has 0 bridgehead atoms. The number of rotatable bonds is 4. The summed E-state index contributed by atoms with van der Waals surface area (Å²) < 4.78 is 10.4. The van der Waals surface area contributed by atoms with Crippen molar-refractivity contribution in [3.8, 4) is 5.75 Å². The van der Waals surface area contributed by atoms with Crippen molar-refractivity contribution in [3.63, 3.8) is 0 Å². The van der Waals surface area contributed by atoms with Crippen LogP contribution in [0, 0.1) is 0 Å². The van der Waals surface area contributed by atoms with Crippen LogP contribution in [0.25, 0.3) is 11.0 Å². The molecule has 116 valence electrons. The monoisotopic (exact) mass is 329 g/mol. The highest BCUT2D eigenvalue weighted by Crippen LogP contribution is 2.17. The van der Waals surface area contributed by atoms with Crippen LogP contribution in [0.3, 0.4) is 0 Å². The van der Waals surface area contributed by atoms with Gasteiger partial charge in [0.1, 0.15) is 16.9 Å². The van der Waals surface area contributed by atoms with Crippen molar-refractivity contribution in [3.05, 3.63) is 76.1 Å². The SMILES string of the molecule is O=C(Oc1ccccc1)c1cc2cc(CNCl)ccc2oc1=O. The van der Waals surface area contributed by atoms with Crippen molar-refractivity contribution < 1.29 is 13.9 Å². The van der Waals surface area contributed by atoms with Gasteiger partial charge in [0.15, 0.2) is 0 Å². The van der Waals surface area contributed by atoms with Gasteiger partial charge in [-0.05, 0) is 47.7 Å². The highest BCUT2D eigenvalue weighted by Gasteiger charge is 2.16. The lowest BCUT2D eigenvalue weighted by Gasteiger charge is -2.05. The van der Waals surface area contributed by atoms with Gasteiger partial charge in [-0.15, -0.1) is 0 Å². The molecular formula is C17H12ClNO4. The summed E-state index contributed by atoms with van der Waals surface area (Å²) in [5, 5.41) is 0.619. The molecule has 0 amide bonds. The Bertz CT molecular complexity index is 905. The molecule has 23 heavy (non-hydrogen) atoms. The molecule has 0 unspecified atom stereocenters. The lowest BCUT2D eigenvalue weighted by atomic mass is 10.1. The molecule has 5 nitrogen and oxygen atoms in total. The van der Waals surface area contributed by atoms with E-state index in [9.17, 15) is 9.59 Å². The second kappa shape index (κ2) is 6.64. The molecule has 0 saturated carbocycles. The Morgan fingerprint density at radius 3 is 2.65 bits per heavy atom. The first kappa shape index (κ1) is 15.3. The number of fused-ring (bicyclic) bond motifs is 1. The van der Waals surface area contributed by atoms with E-state index in [4.69, 9.17) is 20.9 Å². The van der Waals surface area contributed by atoms with Crippen LogP contribution in [0.5, 0.6) is 5.75 Å². The van der Waals surface area contributed by atoms with E-state index in [1.54, 1.807) is 48.5 Å². The van der Waals surface area contributed by atoms with Crippen LogP contribution in [0.15, 0.2) is 63.8 Å². The summed E-state index contributed by atoms with van der Waals surface area (Å²) in [6.07, 6.45) is 0. The molecule has 0 fully saturated rings. The zero-order valence-electron chi connectivity index (χ0n) is 11.9. The van der Waals surface area contributed by atoms with Gasteiger partial charge >= 0.3 is 11.6 Å². The summed E-state index contributed by atoms with van der Waals surface area (Å²) >= 11 is 5.49. The first-order valence-corrected chi connectivity index (χ1v) is 7.22. The van der Waals surface area contributed by atoms with Crippen LogP contribution in [-0.2, 0) is 6.54 Å². The normalized spacial score (nSPS) is 10.7. The van der Waals surface area contributed by atoms with Crippen molar-refractivity contribution in [1.29, 1.82) is 0 Å². The summed E-state index contributed by atoms with van der Waals surface area (Å²) in [5.41, 5.74) is 0.396. The smallest absolute Gasteiger partial charge is 0.351 e. The third kappa shape index (κ3) is 3.41. The first-order chi connectivity index (χ1) is 11.2. The molecule has 0 saturated heterocycles. The van der Waals surface area contributed by atoms with Crippen LogP contribution in [0.1, 0.15) is 15.9 Å². The fraction of sp³-hybridized carbons (Fsp3) is 0.0588. The molecule has 0 aliphatic rings. The van der Waals surface area contributed by atoms with E-state index in [0.29, 0.717) is 23.3 Å². The Labute approximate surface area is 136 Å². The fourth-order valence-corrected chi connectivity index (χ4v) is 2.31. The summed E-state index contributed by atoms with van der Waals surface area (Å²) in [6.45, 7) is 0.445. The van der Waals surface area contributed by atoms with Gasteiger partial charge in [-0.3, -0.25) is 0 Å². The largest absolute Gasteiger partial charge is 0.423 e. The average Bonchev–Trinajstić information content (AvgIpc) is 2.55. The minimum atomic E-state index is -0.757. The van der Waals surface area contributed by atoms with Gasteiger partial charge in [-0.1, -0.05) is 24.3 Å². The Hall–Kier alpha value is -2.63. The number of para-hydroxylation sites is 1. The number of carbonyl (C=O) groups is 1. The van der Waals surface area contributed by atoms with E-state index in [1.165, 1.54) is 6.07 Å². The highest BCUT2D eigenvalue weighted by atomic mass is 35.5. The maximum atomic E-state index is 12.2. The third-order valence-corrected chi connectivity index (χ3v) is 3.37. The number of ether oxygens (including phenoxy) is 1. The third-order valence-electron chi connectivity index (χ3n) is 3.24. The molecule has 1 aromatic heterocycles. The average molecular weight is 330 g/mol. The second-order valence-electron chi connectivity index (χ2n) is 4.83. The summed E-state index contributed by atoms with van der Waals surface area (Å²) in [4.78, 5) is 26.7. The predicted molar refractivity (Wildman–Crippen MR) is 86.6 cm³/mol. The highest BCUT2D eigenvalue weighted by molar-refractivity contribution is 6.13. The van der Waals surface area contributed by atoms with Gasteiger partial charge in [0.05, 0.1) is 0 Å². The van der Waals surface area contributed by atoms with Crippen LogP contribution in [-0.4, -0.2) is 5.97 Å². The predicted octanol–water partition coefficient (Wildman–Crippen LogP) is 3.26. The lowest BCUT2D eigenvalue weighted by molar-refractivity contribution is 0.0730. The summed E-state index contributed by atoms with van der Waals surface area (Å²) in [5.74, 6) is -0.398. The van der Waals surface area contributed by atoms with Gasteiger partial charge in [0.25, 0.3) is 0 Å². The number of hydrogen-bond acceptors (Lipinski definition) is 5. The molecule has 3 aromatic rings. The number of benzene rings is 2. The molecule has 0 aliphatic carbocycles. The molecular weight excluding hydrogens is 318 g/mol. The molecule has 0 atom stereocenters. The van der Waals surface area contributed by atoms with Gasteiger partial charge in [-0.25, -0.2) is 14.4 Å². The molecule has 6 heteroatoms. The van der Waals surface area contributed by atoms with Crippen LogP contribution in [0.2, 0.25) is 0 Å². The Morgan fingerprint density at radius 1 is 1.13 bits per heavy atom. The Balaban J connectivity index is 1.97. The maximum Gasteiger partial charge on any atom is 0.351 e. The number of carbonyl (C=O) groups excluding carboxylic acids is 1. The molecule has 3 rings (SSSR count). The van der Waals surface area contributed by atoms with Gasteiger partial charge in [0.2, 0.25) is 0 Å². The number of hydrogen-bond donors (Lipinski definition) is 1. The van der Waals surface area contributed by atoms with Crippen LogP contribution >= 0.6 is 11.8 Å². The molecule has 2 aromatic carbocycles. The standard InChI is InChI=1S/C17H12ClNO4/c18-19-10-11-6-7-15-12(8-11)9-14(17(21)23-15)16(20)22-13-4-2-1-3-5-13/h1-9,19H,10H2. The maximum absolute atomic E-state index is 12.2. The van der Waals surface area contributed by atoms with Crippen LogP contribution < -0.4 is 15.2 Å². The van der Waals surface area contributed by atoms with Crippen molar-refractivity contribution in [2.45, 2.75) is 6.54 Å². The minimum Gasteiger partial charge on any atom is -0.423 e. The molecule has 0 radical (unpaired) electrons. The van der Waals surface area contributed by atoms with E-state index in [1.807, 2.05) is 0 Å². The van der Waals surface area contributed by atoms with Gasteiger partial charge in [0, 0.05) is 11.9 Å². The van der Waals surface area contributed by atoms with E-state index in [-0.39, 0.29) is 5.56 Å². The lowest BCUT2D eigenvalue weighted by Crippen LogP contribution is -2.18. The zero-order chi connectivity index (χ0) is 16.2. The molecule has 1 N–H and O–H groups in total. The van der Waals surface area contributed by atoms with Crippen molar-refractivity contribution >= 4 is 28.7 Å². The zero-order valence-corrected chi connectivity index (χ0v) is 12.7. The minimum absolute atomic E-state index is 0.155.